The summed E-state index contributed by atoms with van der Waals surface area (Å²) in [4.78, 5) is 13.5. The number of ether oxygens (including phenoxy) is 1. The van der Waals surface area contributed by atoms with E-state index in [4.69, 9.17) is 9.16 Å². The maximum absolute atomic E-state index is 11.8. The Labute approximate surface area is 118 Å². The summed E-state index contributed by atoms with van der Waals surface area (Å²) in [6.07, 6.45) is -0.226. The van der Waals surface area contributed by atoms with Crippen LogP contribution < -0.4 is 0 Å². The van der Waals surface area contributed by atoms with Gasteiger partial charge in [0.05, 0.1) is 12.6 Å². The first-order valence-corrected chi connectivity index (χ1v) is 9.88. The summed E-state index contributed by atoms with van der Waals surface area (Å²) in [6, 6.07) is 0.198. The highest BCUT2D eigenvalue weighted by Gasteiger charge is 2.44. The van der Waals surface area contributed by atoms with Gasteiger partial charge in [0.2, 0.25) is 0 Å². The lowest BCUT2D eigenvalue weighted by molar-refractivity contribution is 0.0396. The molecule has 1 fully saturated rings. The van der Waals surface area contributed by atoms with Crippen LogP contribution in [0.1, 0.15) is 41.5 Å². The molecule has 0 unspecified atom stereocenters. The normalized spacial score (nSPS) is 20.4. The second-order valence-corrected chi connectivity index (χ2v) is 12.7. The number of rotatable bonds is 3. The fourth-order valence-electron chi connectivity index (χ4n) is 1.39. The van der Waals surface area contributed by atoms with Crippen LogP contribution in [0.2, 0.25) is 18.1 Å². The standard InChI is InChI=1S/C14H29NO3Si/c1-13(2,3)18-12(16)15-9-11(15)10-17-19(7,8)14(4,5)6/h11H,9-10H2,1-8H3/t11-,15?/m1/s1. The zero-order valence-electron chi connectivity index (χ0n) is 13.7. The Bertz CT molecular complexity index is 342. The molecule has 1 rings (SSSR count). The predicted molar refractivity (Wildman–Crippen MR) is 79.9 cm³/mol. The van der Waals surface area contributed by atoms with E-state index < -0.39 is 13.9 Å². The number of hydrogen-bond acceptors (Lipinski definition) is 3. The minimum atomic E-state index is -1.72. The Morgan fingerprint density at radius 2 is 1.74 bits per heavy atom. The molecule has 0 radical (unpaired) electrons. The highest BCUT2D eigenvalue weighted by atomic mass is 28.4. The van der Waals surface area contributed by atoms with E-state index >= 15 is 0 Å². The third-order valence-electron chi connectivity index (χ3n) is 3.79. The highest BCUT2D eigenvalue weighted by molar-refractivity contribution is 6.74. The quantitative estimate of drug-likeness (QED) is 0.588. The SMILES string of the molecule is CC(C)(C)OC(=O)N1C[C@@H]1CO[Si](C)(C)C(C)(C)C. The Kier molecular flexibility index (Phi) is 4.42. The molecule has 1 saturated heterocycles. The van der Waals surface area contributed by atoms with E-state index in [0.29, 0.717) is 6.61 Å². The molecule has 0 bridgehead atoms. The lowest BCUT2D eigenvalue weighted by Gasteiger charge is -2.36. The van der Waals surface area contributed by atoms with E-state index in [1.807, 2.05) is 20.8 Å². The van der Waals surface area contributed by atoms with E-state index in [1.54, 1.807) is 4.90 Å². The van der Waals surface area contributed by atoms with Crippen LogP contribution in [-0.4, -0.2) is 44.1 Å². The van der Waals surface area contributed by atoms with Gasteiger partial charge in [0.25, 0.3) is 0 Å². The number of amides is 1. The van der Waals surface area contributed by atoms with Gasteiger partial charge in [-0.3, -0.25) is 4.90 Å². The summed E-state index contributed by atoms with van der Waals surface area (Å²) < 4.78 is 11.5. The molecule has 1 heterocycles. The number of carbonyl (C=O) groups excluding carboxylic acids is 1. The maximum Gasteiger partial charge on any atom is 0.410 e. The minimum Gasteiger partial charge on any atom is -0.444 e. The molecule has 112 valence electrons. The largest absolute Gasteiger partial charge is 0.444 e. The van der Waals surface area contributed by atoms with Crippen molar-refractivity contribution in [3.8, 4) is 0 Å². The van der Waals surface area contributed by atoms with Gasteiger partial charge in [0.1, 0.15) is 5.60 Å². The van der Waals surface area contributed by atoms with Crippen LogP contribution in [0.15, 0.2) is 0 Å². The lowest BCUT2D eigenvalue weighted by atomic mass is 10.2. The number of nitrogens with zero attached hydrogens (tertiary/aromatic N) is 1. The fourth-order valence-corrected chi connectivity index (χ4v) is 2.43. The predicted octanol–water partition coefficient (Wildman–Crippen LogP) is 3.63. The van der Waals surface area contributed by atoms with Crippen molar-refractivity contribution < 1.29 is 14.0 Å². The second-order valence-electron chi connectivity index (χ2n) is 7.86. The van der Waals surface area contributed by atoms with E-state index in [-0.39, 0.29) is 17.2 Å². The minimum absolute atomic E-state index is 0.198. The van der Waals surface area contributed by atoms with Crippen LogP contribution in [-0.2, 0) is 9.16 Å². The molecule has 0 aromatic carbocycles. The van der Waals surface area contributed by atoms with Gasteiger partial charge in [-0.05, 0) is 38.9 Å². The number of hydrogen-bond donors (Lipinski definition) is 0. The van der Waals surface area contributed by atoms with Gasteiger partial charge in [-0.1, -0.05) is 20.8 Å². The van der Waals surface area contributed by atoms with Gasteiger partial charge in [-0.25, -0.2) is 4.79 Å². The fraction of sp³-hybridized carbons (Fsp3) is 0.929. The van der Waals surface area contributed by atoms with Crippen molar-refractivity contribution in [2.24, 2.45) is 0 Å². The summed E-state index contributed by atoms with van der Waals surface area (Å²) in [7, 11) is -1.72. The molecule has 0 saturated carbocycles. The van der Waals surface area contributed by atoms with Gasteiger partial charge >= 0.3 is 6.09 Å². The van der Waals surface area contributed by atoms with Crippen LogP contribution in [0.3, 0.4) is 0 Å². The van der Waals surface area contributed by atoms with Crippen molar-refractivity contribution in [1.29, 1.82) is 0 Å². The van der Waals surface area contributed by atoms with Crippen LogP contribution in [0.5, 0.6) is 0 Å². The van der Waals surface area contributed by atoms with Crippen LogP contribution >= 0.6 is 0 Å². The van der Waals surface area contributed by atoms with Crippen molar-refractivity contribution in [1.82, 2.24) is 4.90 Å². The zero-order chi connectivity index (χ0) is 15.1. The molecule has 0 aromatic heterocycles. The summed E-state index contributed by atoms with van der Waals surface area (Å²) in [5, 5.41) is 0.207. The van der Waals surface area contributed by atoms with Crippen molar-refractivity contribution in [3.05, 3.63) is 0 Å². The Morgan fingerprint density at radius 1 is 1.21 bits per heavy atom. The Hall–Kier alpha value is -0.553. The van der Waals surface area contributed by atoms with E-state index in [1.165, 1.54) is 0 Å². The molecule has 0 spiro atoms. The van der Waals surface area contributed by atoms with Gasteiger partial charge < -0.3 is 9.16 Å². The van der Waals surface area contributed by atoms with Crippen molar-refractivity contribution in [2.45, 2.75) is 71.3 Å². The average Bonchev–Trinajstić information content (AvgIpc) is 2.89. The smallest absolute Gasteiger partial charge is 0.410 e. The molecule has 1 amide bonds. The molecule has 1 aliphatic heterocycles. The first-order valence-electron chi connectivity index (χ1n) is 6.97. The Balaban J connectivity index is 2.38. The van der Waals surface area contributed by atoms with Crippen LogP contribution in [0.4, 0.5) is 4.79 Å². The second kappa shape index (κ2) is 5.09. The van der Waals surface area contributed by atoms with Gasteiger partial charge in [0, 0.05) is 6.54 Å². The molecular formula is C14H29NO3Si. The van der Waals surface area contributed by atoms with Crippen molar-refractivity contribution >= 4 is 14.4 Å². The molecule has 0 aromatic rings. The van der Waals surface area contributed by atoms with Crippen molar-refractivity contribution in [3.63, 3.8) is 0 Å². The first-order chi connectivity index (χ1) is 8.33. The van der Waals surface area contributed by atoms with Crippen LogP contribution in [0, 0.1) is 0 Å². The first kappa shape index (κ1) is 16.5. The van der Waals surface area contributed by atoms with Gasteiger partial charge in [-0.2, -0.15) is 0 Å². The molecular weight excluding hydrogens is 258 g/mol. The monoisotopic (exact) mass is 287 g/mol. The molecule has 5 heteroatoms. The molecule has 19 heavy (non-hydrogen) atoms. The third kappa shape index (κ3) is 4.80. The molecule has 0 N–H and O–H groups in total. The average molecular weight is 287 g/mol. The summed E-state index contributed by atoms with van der Waals surface area (Å²) >= 11 is 0. The highest BCUT2D eigenvalue weighted by Crippen LogP contribution is 2.37. The van der Waals surface area contributed by atoms with E-state index in [9.17, 15) is 4.79 Å². The maximum atomic E-state index is 11.8. The number of carbonyl (C=O) groups is 1. The summed E-state index contributed by atoms with van der Waals surface area (Å²) in [5.41, 5.74) is -0.426. The van der Waals surface area contributed by atoms with E-state index in [2.05, 4.69) is 33.9 Å². The van der Waals surface area contributed by atoms with Crippen molar-refractivity contribution in [2.75, 3.05) is 13.2 Å². The molecule has 0 aliphatic carbocycles. The summed E-state index contributed by atoms with van der Waals surface area (Å²) in [5.74, 6) is 0. The van der Waals surface area contributed by atoms with Gasteiger partial charge in [0.15, 0.2) is 8.32 Å². The Morgan fingerprint density at radius 3 is 2.16 bits per heavy atom. The molecule has 4 nitrogen and oxygen atoms in total. The zero-order valence-corrected chi connectivity index (χ0v) is 14.7. The lowest BCUT2D eigenvalue weighted by Crippen LogP contribution is -2.42. The third-order valence-corrected chi connectivity index (χ3v) is 8.29. The summed E-state index contributed by atoms with van der Waals surface area (Å²) in [6.45, 7) is 18.2. The topological polar surface area (TPSA) is 38.5 Å². The van der Waals surface area contributed by atoms with Gasteiger partial charge in [-0.15, -0.1) is 0 Å². The molecule has 1 aliphatic rings. The van der Waals surface area contributed by atoms with E-state index in [0.717, 1.165) is 6.54 Å². The molecule has 1 atom stereocenters. The van der Waals surface area contributed by atoms with Crippen LogP contribution in [0.25, 0.3) is 0 Å².